The number of rotatable bonds is 7. The van der Waals surface area contributed by atoms with Crippen molar-refractivity contribution < 1.29 is 22.0 Å². The Morgan fingerprint density at radius 1 is 1.03 bits per heavy atom. The molecule has 154 valence electrons. The number of carbonyl (C=O) groups excluding carboxylic acids is 1. The average Bonchev–Trinajstić information content (AvgIpc) is 3.42. The van der Waals surface area contributed by atoms with Gasteiger partial charge in [-0.3, -0.25) is 4.79 Å². The number of fused-ring (bicyclic) bond motifs is 1. The molecule has 8 heteroatoms. The summed E-state index contributed by atoms with van der Waals surface area (Å²) in [6, 6.07) is 18.3. The molecule has 0 bridgehead atoms. The highest BCUT2D eigenvalue weighted by Gasteiger charge is 2.18. The molecule has 2 aromatic carbocycles. The Morgan fingerprint density at radius 2 is 1.80 bits per heavy atom. The molecule has 0 saturated heterocycles. The fraction of sp³-hybridized carbons (Fsp3) is 0.136. The van der Waals surface area contributed by atoms with E-state index in [1.54, 1.807) is 12.1 Å². The molecule has 7 nitrogen and oxygen atoms in total. The fourth-order valence-corrected chi connectivity index (χ4v) is 4.01. The summed E-state index contributed by atoms with van der Waals surface area (Å²) in [5.74, 6) is 0.829. The summed E-state index contributed by atoms with van der Waals surface area (Å²) in [7, 11) is -3.72. The van der Waals surface area contributed by atoms with Gasteiger partial charge in [0.25, 0.3) is 5.91 Å². The van der Waals surface area contributed by atoms with Gasteiger partial charge in [0.2, 0.25) is 10.0 Å². The van der Waals surface area contributed by atoms with Gasteiger partial charge in [-0.25, -0.2) is 13.1 Å². The molecule has 0 saturated carbocycles. The monoisotopic (exact) mass is 424 g/mol. The fourth-order valence-electron chi connectivity index (χ4n) is 3.02. The summed E-state index contributed by atoms with van der Waals surface area (Å²) < 4.78 is 38.1. The molecule has 2 heterocycles. The predicted molar refractivity (Wildman–Crippen MR) is 111 cm³/mol. The molecule has 0 fully saturated rings. The first-order valence-electron chi connectivity index (χ1n) is 9.34. The summed E-state index contributed by atoms with van der Waals surface area (Å²) in [6.45, 7) is 1.87. The van der Waals surface area contributed by atoms with Crippen LogP contribution in [-0.4, -0.2) is 14.3 Å². The lowest BCUT2D eigenvalue weighted by molar-refractivity contribution is 0.0935. The largest absolute Gasteiger partial charge is 0.468 e. The van der Waals surface area contributed by atoms with E-state index in [0.29, 0.717) is 17.1 Å². The number of furan rings is 2. The highest BCUT2D eigenvalue weighted by Crippen LogP contribution is 2.24. The van der Waals surface area contributed by atoms with Crippen LogP contribution in [0.5, 0.6) is 0 Å². The normalized spacial score (nSPS) is 12.7. The predicted octanol–water partition coefficient (Wildman–Crippen LogP) is 4.00. The van der Waals surface area contributed by atoms with E-state index in [9.17, 15) is 13.2 Å². The molecule has 2 N–H and O–H groups in total. The van der Waals surface area contributed by atoms with Crippen LogP contribution >= 0.6 is 0 Å². The van der Waals surface area contributed by atoms with E-state index in [4.69, 9.17) is 8.83 Å². The van der Waals surface area contributed by atoms with Gasteiger partial charge >= 0.3 is 0 Å². The number of sulfonamides is 1. The zero-order chi connectivity index (χ0) is 21.1. The maximum atomic E-state index is 12.6. The molecule has 4 aromatic rings. The zero-order valence-electron chi connectivity index (χ0n) is 16.2. The number of nitrogens with one attached hydrogen (secondary N) is 2. The lowest BCUT2D eigenvalue weighted by atomic mass is 10.1. The van der Waals surface area contributed by atoms with E-state index in [2.05, 4.69) is 10.0 Å². The minimum Gasteiger partial charge on any atom is -0.468 e. The molecule has 1 atom stereocenters. The first-order chi connectivity index (χ1) is 14.4. The topological polar surface area (TPSA) is 102 Å². The van der Waals surface area contributed by atoms with Crippen LogP contribution in [0.25, 0.3) is 11.0 Å². The summed E-state index contributed by atoms with van der Waals surface area (Å²) in [4.78, 5) is 12.6. The number of benzene rings is 2. The van der Waals surface area contributed by atoms with Crippen LogP contribution < -0.4 is 10.0 Å². The van der Waals surface area contributed by atoms with Gasteiger partial charge in [-0.05, 0) is 55.5 Å². The molecule has 0 spiro atoms. The van der Waals surface area contributed by atoms with Gasteiger partial charge in [0.05, 0.1) is 23.7 Å². The van der Waals surface area contributed by atoms with E-state index in [1.165, 1.54) is 30.5 Å². The third-order valence-corrected chi connectivity index (χ3v) is 6.08. The number of amides is 1. The van der Waals surface area contributed by atoms with Gasteiger partial charge in [0, 0.05) is 10.9 Å². The molecular formula is C22H20N2O5S. The molecule has 0 aliphatic heterocycles. The van der Waals surface area contributed by atoms with E-state index in [0.717, 1.165) is 11.0 Å². The Labute approximate surface area is 173 Å². The molecule has 0 aliphatic carbocycles. The van der Waals surface area contributed by atoms with Crippen molar-refractivity contribution in [3.8, 4) is 0 Å². The van der Waals surface area contributed by atoms with Crippen LogP contribution in [0.4, 0.5) is 0 Å². The maximum Gasteiger partial charge on any atom is 0.251 e. The zero-order valence-corrected chi connectivity index (χ0v) is 17.0. The van der Waals surface area contributed by atoms with Gasteiger partial charge in [0.1, 0.15) is 17.1 Å². The Morgan fingerprint density at radius 3 is 2.50 bits per heavy atom. The maximum absolute atomic E-state index is 12.6. The Balaban J connectivity index is 1.42. The third kappa shape index (κ3) is 4.29. The van der Waals surface area contributed by atoms with Gasteiger partial charge < -0.3 is 14.2 Å². The number of carbonyl (C=O) groups is 1. The Bertz CT molecular complexity index is 1230. The van der Waals surface area contributed by atoms with E-state index < -0.39 is 10.0 Å². The first-order valence-corrected chi connectivity index (χ1v) is 10.8. The molecule has 1 amide bonds. The van der Waals surface area contributed by atoms with Crippen molar-refractivity contribution in [1.29, 1.82) is 0 Å². The van der Waals surface area contributed by atoms with Crippen LogP contribution in [0.15, 0.2) is 86.7 Å². The first kappa shape index (κ1) is 19.9. The molecule has 30 heavy (non-hydrogen) atoms. The van der Waals surface area contributed by atoms with Crippen molar-refractivity contribution in [2.24, 2.45) is 0 Å². The lowest BCUT2D eigenvalue weighted by Crippen LogP contribution is -2.26. The Hall–Kier alpha value is -3.36. The van der Waals surface area contributed by atoms with Crippen LogP contribution in [0.3, 0.4) is 0 Å². The summed E-state index contributed by atoms with van der Waals surface area (Å²) in [6.07, 6.45) is 1.48. The second kappa shape index (κ2) is 8.17. The van der Waals surface area contributed by atoms with Crippen molar-refractivity contribution in [2.75, 3.05) is 0 Å². The van der Waals surface area contributed by atoms with Crippen molar-refractivity contribution in [1.82, 2.24) is 10.0 Å². The molecule has 0 radical (unpaired) electrons. The molecule has 0 aliphatic rings. The number of hydrogen-bond acceptors (Lipinski definition) is 5. The average molecular weight is 424 g/mol. The highest BCUT2D eigenvalue weighted by atomic mass is 32.2. The van der Waals surface area contributed by atoms with Crippen LogP contribution in [0.1, 0.15) is 34.8 Å². The number of para-hydroxylation sites is 1. The van der Waals surface area contributed by atoms with E-state index in [-0.39, 0.29) is 23.4 Å². The quantitative estimate of drug-likeness (QED) is 0.467. The molecular weight excluding hydrogens is 404 g/mol. The van der Waals surface area contributed by atoms with Crippen LogP contribution in [0, 0.1) is 0 Å². The molecule has 1 unspecified atom stereocenters. The van der Waals surface area contributed by atoms with Gasteiger partial charge in [-0.2, -0.15) is 0 Å². The summed E-state index contributed by atoms with van der Waals surface area (Å²) in [5, 5.41) is 3.83. The SMILES string of the molecule is CC(NC(=O)c1ccc(S(=O)(=O)NCc2ccco2)cc1)c1cc2ccccc2o1. The van der Waals surface area contributed by atoms with Crippen LogP contribution in [0.2, 0.25) is 0 Å². The van der Waals surface area contributed by atoms with Crippen molar-refractivity contribution in [3.05, 3.63) is 90.1 Å². The minimum absolute atomic E-state index is 0.0482. The summed E-state index contributed by atoms with van der Waals surface area (Å²) in [5.41, 5.74) is 1.10. The number of hydrogen-bond donors (Lipinski definition) is 2. The third-order valence-electron chi connectivity index (χ3n) is 4.66. The molecule has 2 aromatic heterocycles. The van der Waals surface area contributed by atoms with Crippen molar-refractivity contribution in [2.45, 2.75) is 24.4 Å². The minimum atomic E-state index is -3.72. The van der Waals surface area contributed by atoms with Gasteiger partial charge in [-0.1, -0.05) is 18.2 Å². The summed E-state index contributed by atoms with van der Waals surface area (Å²) >= 11 is 0. The standard InChI is InChI=1S/C22H20N2O5S/c1-15(21-13-17-5-2-3-7-20(17)29-21)24-22(25)16-8-10-19(11-9-16)30(26,27)23-14-18-6-4-12-28-18/h2-13,15,23H,14H2,1H3,(H,24,25). The van der Waals surface area contributed by atoms with E-state index in [1.807, 2.05) is 37.3 Å². The Kier molecular flexibility index (Phi) is 5.43. The second-order valence-electron chi connectivity index (χ2n) is 6.81. The lowest BCUT2D eigenvalue weighted by Gasteiger charge is -2.12. The van der Waals surface area contributed by atoms with E-state index >= 15 is 0 Å². The smallest absolute Gasteiger partial charge is 0.251 e. The molecule has 4 rings (SSSR count). The highest BCUT2D eigenvalue weighted by molar-refractivity contribution is 7.89. The van der Waals surface area contributed by atoms with Crippen molar-refractivity contribution >= 4 is 26.9 Å². The van der Waals surface area contributed by atoms with Gasteiger partial charge in [0.15, 0.2) is 0 Å². The second-order valence-corrected chi connectivity index (χ2v) is 8.58. The van der Waals surface area contributed by atoms with Crippen LogP contribution in [-0.2, 0) is 16.6 Å². The van der Waals surface area contributed by atoms with Gasteiger partial charge in [-0.15, -0.1) is 0 Å². The van der Waals surface area contributed by atoms with Crippen molar-refractivity contribution in [3.63, 3.8) is 0 Å².